The number of piperidine rings is 1. The molecule has 0 aliphatic carbocycles. The van der Waals surface area contributed by atoms with E-state index in [-0.39, 0.29) is 18.6 Å². The van der Waals surface area contributed by atoms with Crippen molar-refractivity contribution in [3.8, 4) is 0 Å². The number of aromatic nitrogens is 2. The van der Waals surface area contributed by atoms with E-state index in [1.807, 2.05) is 0 Å². The van der Waals surface area contributed by atoms with Gasteiger partial charge < -0.3 is 15.3 Å². The smallest absolute Gasteiger partial charge is 0.321 e. The van der Waals surface area contributed by atoms with Gasteiger partial charge in [0.1, 0.15) is 6.54 Å². The molecule has 1 aromatic heterocycles. The van der Waals surface area contributed by atoms with Crippen LogP contribution in [-0.2, 0) is 6.54 Å². The summed E-state index contributed by atoms with van der Waals surface area (Å²) in [6.45, 7) is 0.712. The Morgan fingerprint density at radius 3 is 3.10 bits per heavy atom. The van der Waals surface area contributed by atoms with Crippen LogP contribution >= 0.6 is 0 Å². The second-order valence-electron chi connectivity index (χ2n) is 4.91. The first-order chi connectivity index (χ1) is 9.58. The predicted molar refractivity (Wildman–Crippen MR) is 68.6 cm³/mol. The van der Waals surface area contributed by atoms with Gasteiger partial charge in [-0.05, 0) is 18.8 Å². The molecule has 1 fully saturated rings. The number of nitrogens with one attached hydrogen (secondary N) is 1. The summed E-state index contributed by atoms with van der Waals surface area (Å²) >= 11 is 0. The van der Waals surface area contributed by atoms with Gasteiger partial charge in [0.05, 0.1) is 11.9 Å². The molecule has 0 bridgehead atoms. The topological polar surface area (TPSA) is 70.4 Å². The Kier molecular flexibility index (Phi) is 4.89. The van der Waals surface area contributed by atoms with E-state index < -0.39 is 13.0 Å². The molecule has 0 radical (unpaired) electrons. The Labute approximate surface area is 115 Å². The number of alkyl halides is 2. The molecular formula is C12H18F2N4O2. The van der Waals surface area contributed by atoms with E-state index in [4.69, 9.17) is 5.11 Å². The molecule has 0 spiro atoms. The number of anilines is 1. The number of nitrogens with zero attached hydrogens (tertiary/aromatic N) is 3. The number of carbonyl (C=O) groups excluding carboxylic acids is 1. The van der Waals surface area contributed by atoms with Crippen LogP contribution in [0.3, 0.4) is 0 Å². The number of hydrogen-bond donors (Lipinski definition) is 2. The van der Waals surface area contributed by atoms with E-state index >= 15 is 0 Å². The van der Waals surface area contributed by atoms with Crippen LogP contribution in [0.4, 0.5) is 19.3 Å². The second-order valence-corrected chi connectivity index (χ2v) is 4.91. The largest absolute Gasteiger partial charge is 0.396 e. The minimum Gasteiger partial charge on any atom is -0.396 e. The summed E-state index contributed by atoms with van der Waals surface area (Å²) in [4.78, 5) is 13.6. The maximum absolute atomic E-state index is 12.2. The van der Waals surface area contributed by atoms with E-state index in [9.17, 15) is 13.6 Å². The molecule has 2 N–H and O–H groups in total. The maximum Gasteiger partial charge on any atom is 0.321 e. The SMILES string of the molecule is O=C(Nc1cnn(CC(F)F)c1)N1CCCC(CO)C1. The number of aliphatic hydroxyl groups excluding tert-OH is 1. The van der Waals surface area contributed by atoms with Crippen molar-refractivity contribution < 1.29 is 18.7 Å². The lowest BCUT2D eigenvalue weighted by Gasteiger charge is -2.31. The summed E-state index contributed by atoms with van der Waals surface area (Å²) in [6, 6.07) is -0.292. The van der Waals surface area contributed by atoms with Crippen molar-refractivity contribution >= 4 is 11.7 Å². The van der Waals surface area contributed by atoms with Gasteiger partial charge >= 0.3 is 6.03 Å². The van der Waals surface area contributed by atoms with Gasteiger partial charge in [0, 0.05) is 25.9 Å². The van der Waals surface area contributed by atoms with Gasteiger partial charge in [-0.3, -0.25) is 4.68 Å². The molecule has 2 rings (SSSR count). The lowest BCUT2D eigenvalue weighted by atomic mass is 9.99. The van der Waals surface area contributed by atoms with Gasteiger partial charge in [0.25, 0.3) is 6.43 Å². The normalized spacial score (nSPS) is 19.4. The molecule has 1 aliphatic heterocycles. The first kappa shape index (κ1) is 14.7. The zero-order valence-electron chi connectivity index (χ0n) is 11.0. The van der Waals surface area contributed by atoms with Crippen molar-refractivity contribution in [1.82, 2.24) is 14.7 Å². The van der Waals surface area contributed by atoms with Crippen LogP contribution in [0.15, 0.2) is 12.4 Å². The van der Waals surface area contributed by atoms with Crippen LogP contribution in [0.25, 0.3) is 0 Å². The van der Waals surface area contributed by atoms with Crippen molar-refractivity contribution in [1.29, 1.82) is 0 Å². The third-order valence-corrected chi connectivity index (χ3v) is 3.27. The number of rotatable bonds is 4. The number of urea groups is 1. The number of amides is 2. The molecule has 1 aromatic rings. The summed E-state index contributed by atoms with van der Waals surface area (Å²) in [5, 5.41) is 15.5. The highest BCUT2D eigenvalue weighted by molar-refractivity contribution is 5.89. The highest BCUT2D eigenvalue weighted by Crippen LogP contribution is 2.17. The Bertz CT molecular complexity index is 452. The third-order valence-electron chi connectivity index (χ3n) is 3.27. The van der Waals surface area contributed by atoms with Gasteiger partial charge in [-0.2, -0.15) is 5.10 Å². The summed E-state index contributed by atoms with van der Waals surface area (Å²) in [5.74, 6) is 0.107. The van der Waals surface area contributed by atoms with Crippen molar-refractivity contribution in [2.75, 3.05) is 25.0 Å². The Morgan fingerprint density at radius 2 is 2.40 bits per heavy atom. The zero-order valence-corrected chi connectivity index (χ0v) is 11.0. The van der Waals surface area contributed by atoms with Crippen LogP contribution < -0.4 is 5.32 Å². The third kappa shape index (κ3) is 3.89. The minimum absolute atomic E-state index is 0.0656. The van der Waals surface area contributed by atoms with Crippen molar-refractivity contribution in [3.05, 3.63) is 12.4 Å². The molecular weight excluding hydrogens is 270 g/mol. The Balaban J connectivity index is 1.89. The van der Waals surface area contributed by atoms with Crippen molar-refractivity contribution in [3.63, 3.8) is 0 Å². The lowest BCUT2D eigenvalue weighted by Crippen LogP contribution is -2.43. The molecule has 1 unspecified atom stereocenters. The fourth-order valence-corrected chi connectivity index (χ4v) is 2.27. The molecule has 1 aliphatic rings. The standard InChI is InChI=1S/C12H18F2N4O2/c13-11(14)7-18-6-10(4-15-18)16-12(20)17-3-1-2-9(5-17)8-19/h4,6,9,11,19H,1-3,5,7-8H2,(H,16,20). The van der Waals surface area contributed by atoms with Gasteiger partial charge in [0.15, 0.2) is 0 Å². The molecule has 8 heteroatoms. The molecule has 1 atom stereocenters. The monoisotopic (exact) mass is 288 g/mol. The first-order valence-corrected chi connectivity index (χ1v) is 6.56. The van der Waals surface area contributed by atoms with Crippen LogP contribution in [0.2, 0.25) is 0 Å². The Morgan fingerprint density at radius 1 is 1.60 bits per heavy atom. The molecule has 2 heterocycles. The summed E-state index contributed by atoms with van der Waals surface area (Å²) < 4.78 is 25.5. The molecule has 0 saturated carbocycles. The van der Waals surface area contributed by atoms with E-state index in [1.54, 1.807) is 4.90 Å². The molecule has 1 saturated heterocycles. The zero-order chi connectivity index (χ0) is 14.5. The van der Waals surface area contributed by atoms with Crippen LogP contribution in [0.1, 0.15) is 12.8 Å². The Hall–Kier alpha value is -1.70. The van der Waals surface area contributed by atoms with Crippen LogP contribution in [0, 0.1) is 5.92 Å². The van der Waals surface area contributed by atoms with Gasteiger partial charge in [-0.1, -0.05) is 0 Å². The van der Waals surface area contributed by atoms with Gasteiger partial charge in [-0.25, -0.2) is 13.6 Å². The highest BCUT2D eigenvalue weighted by atomic mass is 19.3. The number of aliphatic hydroxyl groups is 1. The van der Waals surface area contributed by atoms with Gasteiger partial charge in [0.2, 0.25) is 0 Å². The van der Waals surface area contributed by atoms with Crippen LogP contribution in [0.5, 0.6) is 0 Å². The van der Waals surface area contributed by atoms with E-state index in [0.717, 1.165) is 17.5 Å². The fraction of sp³-hybridized carbons (Fsp3) is 0.667. The molecule has 2 amide bonds. The lowest BCUT2D eigenvalue weighted by molar-refractivity contribution is 0.122. The number of likely N-dealkylation sites (tertiary alicyclic amines) is 1. The fourth-order valence-electron chi connectivity index (χ4n) is 2.27. The molecule has 112 valence electrons. The summed E-state index contributed by atoms with van der Waals surface area (Å²) in [5.41, 5.74) is 0.391. The van der Waals surface area contributed by atoms with E-state index in [0.29, 0.717) is 18.8 Å². The second kappa shape index (κ2) is 6.65. The highest BCUT2D eigenvalue weighted by Gasteiger charge is 2.23. The summed E-state index contributed by atoms with van der Waals surface area (Å²) in [6.07, 6.45) is 1.99. The van der Waals surface area contributed by atoms with Gasteiger partial charge in [-0.15, -0.1) is 0 Å². The first-order valence-electron chi connectivity index (χ1n) is 6.56. The molecule has 6 nitrogen and oxygen atoms in total. The van der Waals surface area contributed by atoms with E-state index in [2.05, 4.69) is 10.4 Å². The number of hydrogen-bond acceptors (Lipinski definition) is 3. The number of halogens is 2. The minimum atomic E-state index is -2.48. The average molecular weight is 288 g/mol. The quantitative estimate of drug-likeness (QED) is 0.879. The van der Waals surface area contributed by atoms with E-state index in [1.165, 1.54) is 12.4 Å². The van der Waals surface area contributed by atoms with Crippen molar-refractivity contribution in [2.45, 2.75) is 25.8 Å². The molecule has 20 heavy (non-hydrogen) atoms. The van der Waals surface area contributed by atoms with Crippen molar-refractivity contribution in [2.24, 2.45) is 5.92 Å². The average Bonchev–Trinajstić information content (AvgIpc) is 2.85. The van der Waals surface area contributed by atoms with Crippen LogP contribution in [-0.4, -0.2) is 51.9 Å². The maximum atomic E-state index is 12.2. The number of carbonyl (C=O) groups is 1. The predicted octanol–water partition coefficient (Wildman–Crippen LogP) is 1.38. The molecule has 0 aromatic carbocycles. The summed E-state index contributed by atoms with van der Waals surface area (Å²) in [7, 11) is 0.